The SMILES string of the molecule is COc1c(O)ccc2c1-c1ccc3c(c1C(c1cc(F)cc(F)c1)O2)C(C)=CC(C)(C)N3. The largest absolute Gasteiger partial charge is 0.504 e. The molecule has 0 aromatic heterocycles. The summed E-state index contributed by atoms with van der Waals surface area (Å²) >= 11 is 0. The number of benzene rings is 3. The van der Waals surface area contributed by atoms with Gasteiger partial charge in [0.1, 0.15) is 17.4 Å². The molecule has 0 aliphatic carbocycles. The van der Waals surface area contributed by atoms with Crippen LogP contribution in [0.1, 0.15) is 43.6 Å². The van der Waals surface area contributed by atoms with E-state index in [0.717, 1.165) is 34.0 Å². The Balaban J connectivity index is 1.86. The second-order valence-electron chi connectivity index (χ2n) is 8.82. The van der Waals surface area contributed by atoms with E-state index < -0.39 is 17.7 Å². The number of anilines is 1. The number of hydrogen-bond donors (Lipinski definition) is 2. The highest BCUT2D eigenvalue weighted by molar-refractivity contribution is 5.92. The first-order valence-corrected chi connectivity index (χ1v) is 10.4. The quantitative estimate of drug-likeness (QED) is 0.487. The van der Waals surface area contributed by atoms with E-state index in [1.54, 1.807) is 6.07 Å². The third-order valence-corrected chi connectivity index (χ3v) is 5.94. The number of allylic oxidation sites excluding steroid dienone is 1. The summed E-state index contributed by atoms with van der Waals surface area (Å²) in [5.41, 5.74) is 5.10. The predicted molar refractivity (Wildman–Crippen MR) is 120 cm³/mol. The third-order valence-electron chi connectivity index (χ3n) is 5.94. The zero-order chi connectivity index (χ0) is 22.8. The van der Waals surface area contributed by atoms with Gasteiger partial charge in [0.05, 0.1) is 18.2 Å². The van der Waals surface area contributed by atoms with Gasteiger partial charge < -0.3 is 19.9 Å². The number of halogens is 2. The molecule has 0 fully saturated rings. The second-order valence-corrected chi connectivity index (χ2v) is 8.82. The van der Waals surface area contributed by atoms with Crippen molar-refractivity contribution in [1.29, 1.82) is 0 Å². The maximum Gasteiger partial charge on any atom is 0.172 e. The van der Waals surface area contributed by atoms with Gasteiger partial charge in [0.2, 0.25) is 0 Å². The molecule has 3 aromatic carbocycles. The van der Waals surface area contributed by atoms with Crippen LogP contribution in [0.5, 0.6) is 17.2 Å². The normalized spacial score (nSPS) is 17.8. The topological polar surface area (TPSA) is 50.7 Å². The smallest absolute Gasteiger partial charge is 0.172 e. The number of rotatable bonds is 2. The molecule has 5 rings (SSSR count). The highest BCUT2D eigenvalue weighted by Crippen LogP contribution is 2.55. The van der Waals surface area contributed by atoms with Crippen molar-refractivity contribution in [3.8, 4) is 28.4 Å². The van der Waals surface area contributed by atoms with Crippen molar-refractivity contribution in [3.05, 3.63) is 76.9 Å². The third kappa shape index (κ3) is 3.09. The van der Waals surface area contributed by atoms with Crippen molar-refractivity contribution >= 4 is 11.3 Å². The van der Waals surface area contributed by atoms with Crippen LogP contribution in [0, 0.1) is 11.6 Å². The van der Waals surface area contributed by atoms with E-state index >= 15 is 0 Å². The molecule has 0 radical (unpaired) electrons. The van der Waals surface area contributed by atoms with Gasteiger partial charge in [-0.25, -0.2) is 8.78 Å². The first-order chi connectivity index (χ1) is 15.2. The van der Waals surface area contributed by atoms with Crippen LogP contribution in [0.2, 0.25) is 0 Å². The fourth-order valence-corrected chi connectivity index (χ4v) is 4.90. The molecular formula is C26H23F2NO3. The molecule has 0 bridgehead atoms. The number of phenolic OH excluding ortho intramolecular Hbond substituents is 1. The zero-order valence-electron chi connectivity index (χ0n) is 18.2. The van der Waals surface area contributed by atoms with Gasteiger partial charge in [-0.3, -0.25) is 0 Å². The van der Waals surface area contributed by atoms with Gasteiger partial charge in [-0.05, 0) is 62.2 Å². The van der Waals surface area contributed by atoms with Gasteiger partial charge >= 0.3 is 0 Å². The maximum atomic E-state index is 14.2. The maximum absolute atomic E-state index is 14.2. The minimum Gasteiger partial charge on any atom is -0.504 e. The lowest BCUT2D eigenvalue weighted by atomic mass is 9.80. The van der Waals surface area contributed by atoms with Gasteiger partial charge in [0.25, 0.3) is 0 Å². The summed E-state index contributed by atoms with van der Waals surface area (Å²) in [6.07, 6.45) is 1.37. The lowest BCUT2D eigenvalue weighted by Crippen LogP contribution is -2.32. The molecule has 2 aliphatic rings. The molecule has 6 heteroatoms. The van der Waals surface area contributed by atoms with Crippen LogP contribution >= 0.6 is 0 Å². The number of fused-ring (bicyclic) bond motifs is 5. The Morgan fingerprint density at radius 1 is 1.03 bits per heavy atom. The minimum atomic E-state index is -0.752. The molecular weight excluding hydrogens is 412 g/mol. The van der Waals surface area contributed by atoms with Gasteiger partial charge in [-0.15, -0.1) is 0 Å². The van der Waals surface area contributed by atoms with Crippen molar-refractivity contribution in [2.24, 2.45) is 0 Å². The van der Waals surface area contributed by atoms with E-state index in [9.17, 15) is 13.9 Å². The summed E-state index contributed by atoms with van der Waals surface area (Å²) in [5, 5.41) is 13.9. The summed E-state index contributed by atoms with van der Waals surface area (Å²) in [4.78, 5) is 0. The molecule has 0 spiro atoms. The van der Waals surface area contributed by atoms with Gasteiger partial charge in [-0.2, -0.15) is 0 Å². The molecule has 0 amide bonds. The highest BCUT2D eigenvalue weighted by atomic mass is 19.1. The molecule has 2 N–H and O–H groups in total. The van der Waals surface area contributed by atoms with E-state index in [1.807, 2.05) is 19.1 Å². The fraction of sp³-hybridized carbons (Fsp3) is 0.231. The van der Waals surface area contributed by atoms with E-state index in [2.05, 4.69) is 25.2 Å². The summed E-state index contributed by atoms with van der Waals surface area (Å²) in [7, 11) is 1.48. The number of phenols is 1. The number of nitrogens with one attached hydrogen (secondary N) is 1. The molecule has 3 aromatic rings. The fourth-order valence-electron chi connectivity index (χ4n) is 4.90. The van der Waals surface area contributed by atoms with Crippen molar-refractivity contribution in [1.82, 2.24) is 0 Å². The van der Waals surface area contributed by atoms with Crippen LogP contribution < -0.4 is 14.8 Å². The van der Waals surface area contributed by atoms with E-state index in [4.69, 9.17) is 9.47 Å². The molecule has 0 saturated heterocycles. The monoisotopic (exact) mass is 435 g/mol. The number of ether oxygens (including phenoxy) is 2. The Kier molecular flexibility index (Phi) is 4.45. The summed E-state index contributed by atoms with van der Waals surface area (Å²) < 4.78 is 40.2. The molecule has 1 atom stereocenters. The summed E-state index contributed by atoms with van der Waals surface area (Å²) in [6, 6.07) is 10.5. The minimum absolute atomic E-state index is 0.0136. The molecule has 32 heavy (non-hydrogen) atoms. The zero-order valence-corrected chi connectivity index (χ0v) is 18.2. The van der Waals surface area contributed by atoms with Crippen LogP contribution in [0.15, 0.2) is 48.5 Å². The Morgan fingerprint density at radius 2 is 1.75 bits per heavy atom. The van der Waals surface area contributed by atoms with Gasteiger partial charge in [-0.1, -0.05) is 12.1 Å². The lowest BCUT2D eigenvalue weighted by Gasteiger charge is -2.37. The van der Waals surface area contributed by atoms with Crippen LogP contribution in [-0.4, -0.2) is 17.8 Å². The average Bonchev–Trinajstić information content (AvgIpc) is 2.71. The van der Waals surface area contributed by atoms with Crippen LogP contribution in [0.4, 0.5) is 14.5 Å². The van der Waals surface area contributed by atoms with Crippen LogP contribution in [-0.2, 0) is 0 Å². The molecule has 0 saturated carbocycles. The van der Waals surface area contributed by atoms with E-state index in [-0.39, 0.29) is 11.3 Å². The Hall–Kier alpha value is -3.54. The highest BCUT2D eigenvalue weighted by Gasteiger charge is 2.36. The molecule has 2 heterocycles. The van der Waals surface area contributed by atoms with E-state index in [0.29, 0.717) is 22.6 Å². The number of methoxy groups -OCH3 is 1. The van der Waals surface area contributed by atoms with Gasteiger partial charge in [0, 0.05) is 28.4 Å². The average molecular weight is 435 g/mol. The standard InChI is InChI=1S/C26H23F2NO3/c1-13-12-26(2,3)29-18-6-5-17-22-20(8-7-19(30)25(22)31-4)32-24(23(17)21(13)18)14-9-15(27)11-16(28)10-14/h5-12,24,29-30H,1-4H3. The summed E-state index contributed by atoms with van der Waals surface area (Å²) in [6.45, 7) is 6.16. The summed E-state index contributed by atoms with van der Waals surface area (Å²) in [5.74, 6) is -0.600. The Bertz CT molecular complexity index is 1280. The molecule has 1 unspecified atom stereocenters. The van der Waals surface area contributed by atoms with Crippen molar-refractivity contribution < 1.29 is 23.4 Å². The molecule has 4 nitrogen and oxygen atoms in total. The predicted octanol–water partition coefficient (Wildman–Crippen LogP) is 6.44. The van der Waals surface area contributed by atoms with E-state index in [1.165, 1.54) is 25.3 Å². The lowest BCUT2D eigenvalue weighted by molar-refractivity contribution is 0.240. The first kappa shape index (κ1) is 20.4. The van der Waals surface area contributed by atoms with Crippen LogP contribution in [0.3, 0.4) is 0 Å². The Labute approximate surface area is 185 Å². The first-order valence-electron chi connectivity index (χ1n) is 10.4. The van der Waals surface area contributed by atoms with Crippen molar-refractivity contribution in [3.63, 3.8) is 0 Å². The van der Waals surface area contributed by atoms with Gasteiger partial charge in [0.15, 0.2) is 17.6 Å². The number of aromatic hydroxyl groups is 1. The number of hydrogen-bond acceptors (Lipinski definition) is 4. The van der Waals surface area contributed by atoms with Crippen molar-refractivity contribution in [2.45, 2.75) is 32.4 Å². The molecule has 2 aliphatic heterocycles. The molecule has 164 valence electrons. The Morgan fingerprint density at radius 3 is 2.44 bits per heavy atom. The van der Waals surface area contributed by atoms with Crippen LogP contribution in [0.25, 0.3) is 16.7 Å². The second kappa shape index (κ2) is 6.99. The van der Waals surface area contributed by atoms with Crippen molar-refractivity contribution in [2.75, 3.05) is 12.4 Å².